The molecule has 1 N–H and O–H groups in total. The number of carbonyl (C=O) groups is 1. The standard InChI is InChI=1S/C20H24N6O2/c1-2-28-19-17(7-4-9-23-19)15-24-20(27)26-11-5-10-25(12-13-26)18-16(14-21)6-3-8-22-18/h3-4,6-9H,2,5,10-13,15H2,1H3,(H,24,27). The van der Waals surface area contributed by atoms with Gasteiger partial charge >= 0.3 is 6.03 Å². The minimum Gasteiger partial charge on any atom is -0.478 e. The maximum absolute atomic E-state index is 12.6. The maximum Gasteiger partial charge on any atom is 0.317 e. The monoisotopic (exact) mass is 380 g/mol. The number of hydrogen-bond acceptors (Lipinski definition) is 6. The molecule has 2 aromatic heterocycles. The smallest absolute Gasteiger partial charge is 0.317 e. The van der Waals surface area contributed by atoms with E-state index in [1.54, 1.807) is 29.4 Å². The van der Waals surface area contributed by atoms with Crippen molar-refractivity contribution in [2.45, 2.75) is 19.9 Å². The second-order valence-electron chi connectivity index (χ2n) is 6.37. The molecule has 8 nitrogen and oxygen atoms in total. The summed E-state index contributed by atoms with van der Waals surface area (Å²) in [5, 5.41) is 12.2. The summed E-state index contributed by atoms with van der Waals surface area (Å²) in [5.74, 6) is 1.23. The van der Waals surface area contributed by atoms with Crippen molar-refractivity contribution in [1.29, 1.82) is 5.26 Å². The van der Waals surface area contributed by atoms with E-state index in [0.29, 0.717) is 50.0 Å². The third kappa shape index (κ3) is 4.68. The van der Waals surface area contributed by atoms with Crippen LogP contribution in [0.15, 0.2) is 36.7 Å². The van der Waals surface area contributed by atoms with Crippen molar-refractivity contribution in [1.82, 2.24) is 20.2 Å². The third-order valence-electron chi connectivity index (χ3n) is 4.55. The third-order valence-corrected chi connectivity index (χ3v) is 4.55. The average molecular weight is 380 g/mol. The molecule has 0 aliphatic carbocycles. The molecule has 2 amide bonds. The van der Waals surface area contributed by atoms with Gasteiger partial charge in [0, 0.05) is 50.7 Å². The van der Waals surface area contributed by atoms with E-state index in [4.69, 9.17) is 4.74 Å². The van der Waals surface area contributed by atoms with Gasteiger partial charge in [0.25, 0.3) is 0 Å². The highest BCUT2D eigenvalue weighted by Gasteiger charge is 2.21. The number of nitrogens with zero attached hydrogens (tertiary/aromatic N) is 5. The van der Waals surface area contributed by atoms with E-state index in [0.717, 1.165) is 18.5 Å². The first-order chi connectivity index (χ1) is 13.7. The van der Waals surface area contributed by atoms with Crippen LogP contribution in [0.1, 0.15) is 24.5 Å². The Balaban J connectivity index is 1.58. The first-order valence-electron chi connectivity index (χ1n) is 9.42. The van der Waals surface area contributed by atoms with Crippen LogP contribution >= 0.6 is 0 Å². The Bertz CT molecular complexity index is 851. The van der Waals surface area contributed by atoms with Crippen molar-refractivity contribution < 1.29 is 9.53 Å². The summed E-state index contributed by atoms with van der Waals surface area (Å²) in [7, 11) is 0. The number of urea groups is 1. The van der Waals surface area contributed by atoms with Crippen LogP contribution in [0, 0.1) is 11.3 Å². The molecule has 0 atom stereocenters. The van der Waals surface area contributed by atoms with E-state index < -0.39 is 0 Å². The molecule has 1 saturated heterocycles. The molecule has 0 bridgehead atoms. The van der Waals surface area contributed by atoms with E-state index in [-0.39, 0.29) is 6.03 Å². The molecular weight excluding hydrogens is 356 g/mol. The molecule has 2 aromatic rings. The van der Waals surface area contributed by atoms with Crippen LogP contribution in [-0.2, 0) is 6.54 Å². The quantitative estimate of drug-likeness (QED) is 0.854. The normalized spacial score (nSPS) is 14.1. The van der Waals surface area contributed by atoms with Gasteiger partial charge in [0.15, 0.2) is 0 Å². The largest absolute Gasteiger partial charge is 0.478 e. The molecule has 1 fully saturated rings. The Kier molecular flexibility index (Phi) is 6.63. The van der Waals surface area contributed by atoms with Gasteiger partial charge in [-0.15, -0.1) is 0 Å². The van der Waals surface area contributed by atoms with Gasteiger partial charge in [-0.1, -0.05) is 6.07 Å². The zero-order chi connectivity index (χ0) is 19.8. The number of nitriles is 1. The van der Waals surface area contributed by atoms with Crippen LogP contribution in [-0.4, -0.2) is 53.7 Å². The maximum atomic E-state index is 12.6. The second kappa shape index (κ2) is 9.55. The van der Waals surface area contributed by atoms with Gasteiger partial charge in [0.2, 0.25) is 5.88 Å². The SMILES string of the molecule is CCOc1ncccc1CNC(=O)N1CCCN(c2ncccc2C#N)CC1. The summed E-state index contributed by atoms with van der Waals surface area (Å²) in [6.07, 6.45) is 4.17. The van der Waals surface area contributed by atoms with Crippen LogP contribution in [0.4, 0.5) is 10.6 Å². The van der Waals surface area contributed by atoms with Gasteiger partial charge in [-0.25, -0.2) is 14.8 Å². The highest BCUT2D eigenvalue weighted by molar-refractivity contribution is 5.74. The van der Waals surface area contributed by atoms with E-state index in [9.17, 15) is 10.1 Å². The van der Waals surface area contributed by atoms with Crippen molar-refractivity contribution >= 4 is 11.8 Å². The lowest BCUT2D eigenvalue weighted by molar-refractivity contribution is 0.201. The number of hydrogen-bond donors (Lipinski definition) is 1. The number of aromatic nitrogens is 2. The van der Waals surface area contributed by atoms with E-state index in [1.165, 1.54) is 0 Å². The van der Waals surface area contributed by atoms with Crippen molar-refractivity contribution in [3.05, 3.63) is 47.8 Å². The number of ether oxygens (including phenoxy) is 1. The van der Waals surface area contributed by atoms with E-state index >= 15 is 0 Å². The molecule has 0 radical (unpaired) electrons. The molecule has 1 aliphatic heterocycles. The minimum absolute atomic E-state index is 0.116. The molecular formula is C20H24N6O2. The lowest BCUT2D eigenvalue weighted by Crippen LogP contribution is -2.42. The summed E-state index contributed by atoms with van der Waals surface area (Å²) in [5.41, 5.74) is 1.40. The zero-order valence-corrected chi connectivity index (χ0v) is 16.0. The average Bonchev–Trinajstić information content (AvgIpc) is 2.99. The van der Waals surface area contributed by atoms with Crippen molar-refractivity contribution in [3.63, 3.8) is 0 Å². The van der Waals surface area contributed by atoms with E-state index in [2.05, 4.69) is 26.3 Å². The number of nitrogens with one attached hydrogen (secondary N) is 1. The molecule has 0 saturated carbocycles. The van der Waals surface area contributed by atoms with Crippen molar-refractivity contribution in [3.8, 4) is 11.9 Å². The van der Waals surface area contributed by atoms with Gasteiger partial charge in [-0.3, -0.25) is 0 Å². The van der Waals surface area contributed by atoms with Crippen LogP contribution in [0.5, 0.6) is 5.88 Å². The van der Waals surface area contributed by atoms with Gasteiger partial charge in [0.1, 0.15) is 11.9 Å². The van der Waals surface area contributed by atoms with Gasteiger partial charge in [0.05, 0.1) is 12.2 Å². The topological polar surface area (TPSA) is 94.4 Å². The molecule has 0 aromatic carbocycles. The molecule has 0 spiro atoms. The van der Waals surface area contributed by atoms with Crippen LogP contribution in [0.3, 0.4) is 0 Å². The van der Waals surface area contributed by atoms with Crippen molar-refractivity contribution in [2.75, 3.05) is 37.7 Å². The van der Waals surface area contributed by atoms with Crippen LogP contribution in [0.2, 0.25) is 0 Å². The molecule has 3 rings (SSSR count). The lowest BCUT2D eigenvalue weighted by Gasteiger charge is -2.23. The van der Waals surface area contributed by atoms with Gasteiger partial charge in [-0.05, 0) is 31.5 Å². The molecule has 1 aliphatic rings. The first kappa shape index (κ1) is 19.4. The number of pyridine rings is 2. The van der Waals surface area contributed by atoms with Crippen molar-refractivity contribution in [2.24, 2.45) is 0 Å². The predicted molar refractivity (Wildman–Crippen MR) is 105 cm³/mol. The molecule has 28 heavy (non-hydrogen) atoms. The molecule has 146 valence electrons. The van der Waals surface area contributed by atoms with Gasteiger partial charge in [-0.2, -0.15) is 5.26 Å². The Morgan fingerprint density at radius 1 is 1.21 bits per heavy atom. The summed E-state index contributed by atoms with van der Waals surface area (Å²) in [4.78, 5) is 25.1. The Morgan fingerprint density at radius 3 is 2.86 bits per heavy atom. The zero-order valence-electron chi connectivity index (χ0n) is 16.0. The fraction of sp³-hybridized carbons (Fsp3) is 0.400. The minimum atomic E-state index is -0.116. The highest BCUT2D eigenvalue weighted by Crippen LogP contribution is 2.18. The first-order valence-corrected chi connectivity index (χ1v) is 9.42. The number of rotatable bonds is 5. The van der Waals surface area contributed by atoms with Gasteiger partial charge < -0.3 is 19.9 Å². The number of carbonyl (C=O) groups excluding carboxylic acids is 1. The lowest BCUT2D eigenvalue weighted by atomic mass is 10.2. The van der Waals surface area contributed by atoms with Crippen LogP contribution < -0.4 is 15.0 Å². The van der Waals surface area contributed by atoms with Crippen LogP contribution in [0.25, 0.3) is 0 Å². The number of amides is 2. The summed E-state index contributed by atoms with van der Waals surface area (Å²) < 4.78 is 5.50. The van der Waals surface area contributed by atoms with E-state index in [1.807, 2.05) is 19.1 Å². The molecule has 0 unspecified atom stereocenters. The second-order valence-corrected chi connectivity index (χ2v) is 6.37. The summed E-state index contributed by atoms with van der Waals surface area (Å²) in [6.45, 7) is 5.41. The summed E-state index contributed by atoms with van der Waals surface area (Å²) in [6, 6.07) is 9.32. The summed E-state index contributed by atoms with van der Waals surface area (Å²) >= 11 is 0. The fourth-order valence-electron chi connectivity index (χ4n) is 3.18. The highest BCUT2D eigenvalue weighted by atomic mass is 16.5. The molecule has 8 heteroatoms. The molecule has 3 heterocycles. The Morgan fingerprint density at radius 2 is 2.04 bits per heavy atom. The Hall–Kier alpha value is -3.34. The fourth-order valence-corrected chi connectivity index (χ4v) is 3.18. The Labute approximate surface area is 164 Å². The predicted octanol–water partition coefficient (Wildman–Crippen LogP) is 2.17. The number of anilines is 1.